The average Bonchev–Trinajstić information content (AvgIpc) is 2.91. The summed E-state index contributed by atoms with van der Waals surface area (Å²) in [6, 6.07) is 16.8. The van der Waals surface area contributed by atoms with Crippen LogP contribution in [-0.2, 0) is 16.1 Å². The number of amides is 2. The molecule has 6 nitrogen and oxygen atoms in total. The fraction of sp³-hybridized carbons (Fsp3) is 0.286. The van der Waals surface area contributed by atoms with Gasteiger partial charge in [0.25, 0.3) is 5.91 Å². The van der Waals surface area contributed by atoms with Crippen molar-refractivity contribution in [2.24, 2.45) is 4.99 Å². The van der Waals surface area contributed by atoms with Crippen LogP contribution < -0.4 is 10.1 Å². The minimum absolute atomic E-state index is 0.0399. The Morgan fingerprint density at radius 1 is 1.11 bits per heavy atom. The lowest BCUT2D eigenvalue weighted by atomic mass is 10.1. The minimum Gasteiger partial charge on any atom is -0.497 e. The summed E-state index contributed by atoms with van der Waals surface area (Å²) in [5, 5.41) is 2.85. The van der Waals surface area contributed by atoms with E-state index in [1.54, 1.807) is 31.4 Å². The first kappa shape index (κ1) is 18.6. The topological polar surface area (TPSA) is 71.0 Å². The van der Waals surface area contributed by atoms with Gasteiger partial charge in [0.05, 0.1) is 7.11 Å². The molecule has 3 rings (SSSR count). The van der Waals surface area contributed by atoms with Crippen LogP contribution in [0, 0.1) is 0 Å². The largest absolute Gasteiger partial charge is 0.497 e. The maximum Gasteiger partial charge on any atom is 0.275 e. The third-order valence-electron chi connectivity index (χ3n) is 4.49. The SMILES string of the molecule is COc1ccc(C2=NC(C)(C)N(CC(=O)NCc3ccccc3)C2=O)cc1. The van der Waals surface area contributed by atoms with Gasteiger partial charge < -0.3 is 15.0 Å². The number of aliphatic imine (C=N–C) groups is 1. The Morgan fingerprint density at radius 2 is 1.78 bits per heavy atom. The van der Waals surface area contributed by atoms with Crippen LogP contribution in [-0.4, -0.2) is 41.7 Å². The number of ether oxygens (including phenoxy) is 1. The molecule has 0 atom stereocenters. The van der Waals surface area contributed by atoms with Crippen molar-refractivity contribution >= 4 is 17.5 Å². The fourth-order valence-electron chi connectivity index (χ4n) is 2.96. The second-order valence-electron chi connectivity index (χ2n) is 6.84. The Kier molecular flexibility index (Phi) is 5.26. The third kappa shape index (κ3) is 4.16. The van der Waals surface area contributed by atoms with Crippen LogP contribution in [0.2, 0.25) is 0 Å². The number of nitrogens with one attached hydrogen (secondary N) is 1. The molecule has 2 aromatic rings. The zero-order valence-electron chi connectivity index (χ0n) is 15.7. The Balaban J connectivity index is 1.67. The van der Waals surface area contributed by atoms with Crippen molar-refractivity contribution < 1.29 is 14.3 Å². The maximum atomic E-state index is 12.9. The molecule has 1 aliphatic heterocycles. The Hall–Kier alpha value is -3.15. The summed E-state index contributed by atoms with van der Waals surface area (Å²) in [4.78, 5) is 31.3. The third-order valence-corrected chi connectivity index (χ3v) is 4.49. The van der Waals surface area contributed by atoms with Crippen molar-refractivity contribution in [1.29, 1.82) is 0 Å². The smallest absolute Gasteiger partial charge is 0.275 e. The van der Waals surface area contributed by atoms with Gasteiger partial charge in [-0.1, -0.05) is 30.3 Å². The normalized spacial score (nSPS) is 15.4. The summed E-state index contributed by atoms with van der Waals surface area (Å²) < 4.78 is 5.15. The van der Waals surface area contributed by atoms with Crippen LogP contribution in [0.15, 0.2) is 59.6 Å². The number of carbonyl (C=O) groups excluding carboxylic acids is 2. The fourth-order valence-corrected chi connectivity index (χ4v) is 2.96. The van der Waals surface area contributed by atoms with Gasteiger partial charge in [0.1, 0.15) is 23.7 Å². The molecular weight excluding hydrogens is 342 g/mol. The number of carbonyl (C=O) groups is 2. The van der Waals surface area contributed by atoms with E-state index in [0.717, 1.165) is 5.56 Å². The van der Waals surface area contributed by atoms with Gasteiger partial charge in [0.15, 0.2) is 0 Å². The molecule has 2 aromatic carbocycles. The van der Waals surface area contributed by atoms with Crippen molar-refractivity contribution in [3.05, 3.63) is 65.7 Å². The Morgan fingerprint density at radius 3 is 2.41 bits per heavy atom. The van der Waals surface area contributed by atoms with Crippen molar-refractivity contribution in [1.82, 2.24) is 10.2 Å². The lowest BCUT2D eigenvalue weighted by Gasteiger charge is -2.28. The molecule has 0 aliphatic carbocycles. The molecule has 0 saturated heterocycles. The number of benzene rings is 2. The molecule has 0 bridgehead atoms. The molecule has 6 heteroatoms. The molecule has 0 aromatic heterocycles. The molecule has 0 spiro atoms. The van der Waals surface area contributed by atoms with Crippen LogP contribution in [0.4, 0.5) is 0 Å². The summed E-state index contributed by atoms with van der Waals surface area (Å²) in [6.45, 7) is 4.04. The predicted molar refractivity (Wildman–Crippen MR) is 104 cm³/mol. The molecule has 27 heavy (non-hydrogen) atoms. The number of nitrogens with zero attached hydrogens (tertiary/aromatic N) is 2. The lowest BCUT2D eigenvalue weighted by molar-refractivity contribution is -0.134. The number of hydrogen-bond donors (Lipinski definition) is 1. The van der Waals surface area contributed by atoms with Crippen LogP contribution in [0.25, 0.3) is 0 Å². The van der Waals surface area contributed by atoms with E-state index in [1.807, 2.05) is 44.2 Å². The molecular formula is C21H23N3O3. The van der Waals surface area contributed by atoms with Crippen molar-refractivity contribution in [3.63, 3.8) is 0 Å². The van der Waals surface area contributed by atoms with Crippen molar-refractivity contribution in [2.75, 3.05) is 13.7 Å². The van der Waals surface area contributed by atoms with Gasteiger partial charge in [0.2, 0.25) is 5.91 Å². The quantitative estimate of drug-likeness (QED) is 0.854. The van der Waals surface area contributed by atoms with E-state index in [-0.39, 0.29) is 18.4 Å². The average molecular weight is 365 g/mol. The highest BCUT2D eigenvalue weighted by Crippen LogP contribution is 2.26. The Bertz CT molecular complexity index is 858. The molecule has 1 heterocycles. The maximum absolute atomic E-state index is 12.9. The van der Waals surface area contributed by atoms with E-state index in [1.165, 1.54) is 4.90 Å². The number of hydrogen-bond acceptors (Lipinski definition) is 4. The second kappa shape index (κ2) is 7.61. The van der Waals surface area contributed by atoms with Crippen LogP contribution in [0.1, 0.15) is 25.0 Å². The molecule has 1 aliphatic rings. The number of methoxy groups -OCH3 is 1. The van der Waals surface area contributed by atoms with Gasteiger partial charge in [-0.15, -0.1) is 0 Å². The zero-order valence-corrected chi connectivity index (χ0v) is 15.7. The van der Waals surface area contributed by atoms with Gasteiger partial charge in [0, 0.05) is 12.1 Å². The second-order valence-corrected chi connectivity index (χ2v) is 6.84. The van der Waals surface area contributed by atoms with E-state index in [9.17, 15) is 9.59 Å². The van der Waals surface area contributed by atoms with Gasteiger partial charge in [-0.05, 0) is 43.7 Å². The van der Waals surface area contributed by atoms with Crippen LogP contribution in [0.3, 0.4) is 0 Å². The zero-order chi connectivity index (χ0) is 19.4. The molecule has 0 saturated carbocycles. The van der Waals surface area contributed by atoms with Gasteiger partial charge in [-0.2, -0.15) is 0 Å². The van der Waals surface area contributed by atoms with Crippen molar-refractivity contribution in [3.8, 4) is 5.75 Å². The summed E-state index contributed by atoms with van der Waals surface area (Å²) >= 11 is 0. The van der Waals surface area contributed by atoms with Crippen LogP contribution >= 0.6 is 0 Å². The van der Waals surface area contributed by atoms with Gasteiger partial charge in [-0.3, -0.25) is 14.6 Å². The highest BCUT2D eigenvalue weighted by atomic mass is 16.5. The van der Waals surface area contributed by atoms with Gasteiger partial charge in [-0.25, -0.2) is 0 Å². The first-order valence-electron chi connectivity index (χ1n) is 8.77. The lowest BCUT2D eigenvalue weighted by Crippen LogP contribution is -2.48. The molecule has 0 radical (unpaired) electrons. The number of rotatable bonds is 6. The highest BCUT2D eigenvalue weighted by Gasteiger charge is 2.41. The van der Waals surface area contributed by atoms with Crippen LogP contribution in [0.5, 0.6) is 5.75 Å². The van der Waals surface area contributed by atoms with E-state index >= 15 is 0 Å². The minimum atomic E-state index is -0.781. The summed E-state index contributed by atoms with van der Waals surface area (Å²) in [6.07, 6.45) is 0. The van der Waals surface area contributed by atoms with E-state index in [2.05, 4.69) is 10.3 Å². The highest BCUT2D eigenvalue weighted by molar-refractivity contribution is 6.47. The van der Waals surface area contributed by atoms with E-state index in [0.29, 0.717) is 23.6 Å². The summed E-state index contributed by atoms with van der Waals surface area (Å²) in [7, 11) is 1.59. The summed E-state index contributed by atoms with van der Waals surface area (Å²) in [5.74, 6) is 0.243. The molecule has 2 amide bonds. The monoisotopic (exact) mass is 365 g/mol. The Labute approximate surface area is 158 Å². The van der Waals surface area contributed by atoms with Crippen molar-refractivity contribution in [2.45, 2.75) is 26.1 Å². The molecule has 0 unspecified atom stereocenters. The summed E-state index contributed by atoms with van der Waals surface area (Å²) in [5.41, 5.74) is 1.30. The molecule has 1 N–H and O–H groups in total. The first-order chi connectivity index (χ1) is 12.9. The molecule has 140 valence electrons. The predicted octanol–water partition coefficient (Wildman–Crippen LogP) is 2.38. The molecule has 0 fully saturated rings. The van der Waals surface area contributed by atoms with E-state index < -0.39 is 5.66 Å². The van der Waals surface area contributed by atoms with E-state index in [4.69, 9.17) is 4.74 Å². The first-order valence-corrected chi connectivity index (χ1v) is 8.77. The standard InChI is InChI=1S/C21H23N3O3/c1-21(2)23-19(16-9-11-17(27-3)12-10-16)20(26)24(21)14-18(25)22-13-15-7-5-4-6-8-15/h4-12H,13-14H2,1-3H3,(H,22,25). The van der Waals surface area contributed by atoms with Gasteiger partial charge >= 0.3 is 0 Å².